The molecule has 1 aromatic heterocycles. The molecule has 0 bridgehead atoms. The summed E-state index contributed by atoms with van der Waals surface area (Å²) in [6.45, 7) is 1.91. The Hall–Kier alpha value is -0.400. The van der Waals surface area contributed by atoms with Crippen molar-refractivity contribution in [2.45, 2.75) is 6.92 Å². The van der Waals surface area contributed by atoms with Gasteiger partial charge in [-0.05, 0) is 50.4 Å². The van der Waals surface area contributed by atoms with Crippen molar-refractivity contribution < 1.29 is 0 Å². The molecule has 1 heterocycles. The van der Waals surface area contributed by atoms with Gasteiger partial charge in [-0.2, -0.15) is 5.26 Å². The minimum Gasteiger partial charge on any atom is -0.229 e. The van der Waals surface area contributed by atoms with E-state index in [2.05, 4.69) is 36.8 Å². The van der Waals surface area contributed by atoms with Gasteiger partial charge in [0.1, 0.15) is 10.7 Å². The van der Waals surface area contributed by atoms with Crippen molar-refractivity contribution in [3.8, 4) is 6.07 Å². The third-order valence-corrected chi connectivity index (χ3v) is 2.62. The maximum Gasteiger partial charge on any atom is 0.156 e. The zero-order valence-electron chi connectivity index (χ0n) is 5.73. The second-order valence-electron chi connectivity index (χ2n) is 2.04. The van der Waals surface area contributed by atoms with Crippen LogP contribution < -0.4 is 0 Å². The summed E-state index contributed by atoms with van der Waals surface area (Å²) < 4.78 is 1.46. The number of hydrogen-bond acceptors (Lipinski definition) is 2. The molecule has 0 N–H and O–H groups in total. The molecule has 4 heteroatoms. The molecule has 11 heavy (non-hydrogen) atoms. The molecule has 0 atom stereocenters. The molecule has 0 spiro atoms. The van der Waals surface area contributed by atoms with E-state index in [1.807, 2.05) is 19.1 Å². The highest BCUT2D eigenvalue weighted by atomic mass is 79.9. The SMILES string of the molecule is Cc1cc(Br)nc(C#N)c1Br. The second-order valence-corrected chi connectivity index (χ2v) is 3.64. The standard InChI is InChI=1S/C7H4Br2N2/c1-4-2-6(8)11-5(3-10)7(4)9/h2H,1H3. The van der Waals surface area contributed by atoms with Crippen LogP contribution in [0.15, 0.2) is 15.1 Å². The topological polar surface area (TPSA) is 36.7 Å². The van der Waals surface area contributed by atoms with Gasteiger partial charge in [0.15, 0.2) is 5.69 Å². The number of nitrogens with zero attached hydrogens (tertiary/aromatic N) is 2. The van der Waals surface area contributed by atoms with Crippen LogP contribution in [0.1, 0.15) is 11.3 Å². The molecular weight excluding hydrogens is 272 g/mol. The van der Waals surface area contributed by atoms with E-state index in [9.17, 15) is 0 Å². The van der Waals surface area contributed by atoms with Crippen LogP contribution in [0.5, 0.6) is 0 Å². The Kier molecular flexibility index (Phi) is 2.63. The number of nitriles is 1. The first kappa shape index (κ1) is 8.69. The number of halogens is 2. The van der Waals surface area contributed by atoms with Gasteiger partial charge in [0.2, 0.25) is 0 Å². The van der Waals surface area contributed by atoms with E-state index in [0.29, 0.717) is 10.3 Å². The van der Waals surface area contributed by atoms with Crippen molar-refractivity contribution in [2.24, 2.45) is 0 Å². The van der Waals surface area contributed by atoms with Crippen molar-refractivity contribution in [1.29, 1.82) is 5.26 Å². The second kappa shape index (κ2) is 3.33. The lowest BCUT2D eigenvalue weighted by molar-refractivity contribution is 1.17. The van der Waals surface area contributed by atoms with Crippen molar-refractivity contribution in [3.05, 3.63) is 26.4 Å². The van der Waals surface area contributed by atoms with Crippen LogP contribution in [0, 0.1) is 18.3 Å². The number of rotatable bonds is 0. The average Bonchev–Trinajstić information content (AvgIpc) is 1.96. The van der Waals surface area contributed by atoms with Gasteiger partial charge in [-0.25, -0.2) is 4.98 Å². The van der Waals surface area contributed by atoms with Crippen LogP contribution in [0.2, 0.25) is 0 Å². The fourth-order valence-corrected chi connectivity index (χ4v) is 1.50. The molecule has 0 unspecified atom stereocenters. The third-order valence-electron chi connectivity index (χ3n) is 1.21. The van der Waals surface area contributed by atoms with Gasteiger partial charge < -0.3 is 0 Å². The molecule has 1 aromatic rings. The Bertz CT molecular complexity index is 328. The predicted octanol–water partition coefficient (Wildman–Crippen LogP) is 2.79. The zero-order valence-corrected chi connectivity index (χ0v) is 8.90. The Morgan fingerprint density at radius 3 is 2.73 bits per heavy atom. The number of hydrogen-bond donors (Lipinski definition) is 0. The van der Waals surface area contributed by atoms with E-state index < -0.39 is 0 Å². The largest absolute Gasteiger partial charge is 0.229 e. The van der Waals surface area contributed by atoms with E-state index in [0.717, 1.165) is 10.0 Å². The lowest BCUT2D eigenvalue weighted by Crippen LogP contribution is -1.88. The number of aryl methyl sites for hydroxylation is 1. The minimum absolute atomic E-state index is 0.414. The molecule has 0 amide bonds. The maximum absolute atomic E-state index is 8.60. The highest BCUT2D eigenvalue weighted by molar-refractivity contribution is 9.11. The average molecular weight is 276 g/mol. The van der Waals surface area contributed by atoms with Gasteiger partial charge >= 0.3 is 0 Å². The molecule has 0 aliphatic rings. The Morgan fingerprint density at radius 1 is 1.55 bits per heavy atom. The quantitative estimate of drug-likeness (QED) is 0.683. The summed E-state index contributed by atoms with van der Waals surface area (Å²) in [7, 11) is 0. The first-order chi connectivity index (χ1) is 5.15. The summed E-state index contributed by atoms with van der Waals surface area (Å²) in [6.07, 6.45) is 0. The first-order valence-electron chi connectivity index (χ1n) is 2.88. The molecule has 0 aliphatic heterocycles. The summed E-state index contributed by atoms with van der Waals surface area (Å²) in [5.74, 6) is 0. The predicted molar refractivity (Wildman–Crippen MR) is 49.1 cm³/mol. The van der Waals surface area contributed by atoms with Crippen LogP contribution >= 0.6 is 31.9 Å². The van der Waals surface area contributed by atoms with Crippen LogP contribution in [-0.4, -0.2) is 4.98 Å². The van der Waals surface area contributed by atoms with Crippen LogP contribution in [0.25, 0.3) is 0 Å². The van der Waals surface area contributed by atoms with E-state index in [4.69, 9.17) is 5.26 Å². The maximum atomic E-state index is 8.60. The molecule has 56 valence electrons. The van der Waals surface area contributed by atoms with Crippen LogP contribution in [0.3, 0.4) is 0 Å². The fourth-order valence-electron chi connectivity index (χ4n) is 0.691. The number of pyridine rings is 1. The molecule has 1 rings (SSSR count). The normalized spacial score (nSPS) is 9.27. The van der Waals surface area contributed by atoms with Gasteiger partial charge in [0, 0.05) is 0 Å². The molecule has 0 fully saturated rings. The van der Waals surface area contributed by atoms with E-state index >= 15 is 0 Å². The minimum atomic E-state index is 0.414. The smallest absolute Gasteiger partial charge is 0.156 e. The third kappa shape index (κ3) is 1.79. The van der Waals surface area contributed by atoms with Gasteiger partial charge in [0.25, 0.3) is 0 Å². The zero-order chi connectivity index (χ0) is 8.43. The lowest BCUT2D eigenvalue weighted by Gasteiger charge is -1.99. The van der Waals surface area contributed by atoms with E-state index in [1.165, 1.54) is 0 Å². The summed E-state index contributed by atoms with van der Waals surface area (Å²) in [6, 6.07) is 3.84. The summed E-state index contributed by atoms with van der Waals surface area (Å²) in [4.78, 5) is 3.96. The summed E-state index contributed by atoms with van der Waals surface area (Å²) in [5, 5.41) is 8.60. The van der Waals surface area contributed by atoms with E-state index in [-0.39, 0.29) is 0 Å². The first-order valence-corrected chi connectivity index (χ1v) is 4.46. The molecule has 0 saturated carbocycles. The van der Waals surface area contributed by atoms with E-state index in [1.54, 1.807) is 0 Å². The van der Waals surface area contributed by atoms with Gasteiger partial charge in [-0.1, -0.05) is 0 Å². The number of aromatic nitrogens is 1. The Labute approximate surface area is 81.5 Å². The fraction of sp³-hybridized carbons (Fsp3) is 0.143. The van der Waals surface area contributed by atoms with Gasteiger partial charge in [-0.15, -0.1) is 0 Å². The Morgan fingerprint density at radius 2 is 2.18 bits per heavy atom. The molecule has 0 radical (unpaired) electrons. The van der Waals surface area contributed by atoms with Gasteiger partial charge in [-0.3, -0.25) is 0 Å². The molecule has 0 saturated heterocycles. The lowest BCUT2D eigenvalue weighted by atomic mass is 10.2. The van der Waals surface area contributed by atoms with Crippen molar-refractivity contribution in [3.63, 3.8) is 0 Å². The molecular formula is C7H4Br2N2. The van der Waals surface area contributed by atoms with Gasteiger partial charge in [0.05, 0.1) is 4.47 Å². The summed E-state index contributed by atoms with van der Waals surface area (Å²) in [5.41, 5.74) is 1.42. The molecule has 0 aliphatic carbocycles. The van der Waals surface area contributed by atoms with Crippen molar-refractivity contribution in [1.82, 2.24) is 4.98 Å². The summed E-state index contributed by atoms with van der Waals surface area (Å²) >= 11 is 6.47. The van der Waals surface area contributed by atoms with Crippen LogP contribution in [0.4, 0.5) is 0 Å². The highest BCUT2D eigenvalue weighted by Crippen LogP contribution is 2.21. The Balaban J connectivity index is 3.39. The van der Waals surface area contributed by atoms with Crippen molar-refractivity contribution >= 4 is 31.9 Å². The highest BCUT2D eigenvalue weighted by Gasteiger charge is 2.04. The molecule has 0 aromatic carbocycles. The van der Waals surface area contributed by atoms with Crippen LogP contribution in [-0.2, 0) is 0 Å². The molecule has 2 nitrogen and oxygen atoms in total. The van der Waals surface area contributed by atoms with Crippen molar-refractivity contribution in [2.75, 3.05) is 0 Å². The monoisotopic (exact) mass is 274 g/mol.